The summed E-state index contributed by atoms with van der Waals surface area (Å²) in [6.45, 7) is 3.82. The lowest BCUT2D eigenvalue weighted by molar-refractivity contribution is -0.167. The van der Waals surface area contributed by atoms with Gasteiger partial charge in [0.05, 0.1) is 5.54 Å². The van der Waals surface area contributed by atoms with Gasteiger partial charge in [-0.05, 0) is 43.1 Å². The number of rotatable bonds is 7. The highest BCUT2D eigenvalue weighted by Gasteiger charge is 2.61. The molecule has 2 atom stereocenters. The second-order valence-corrected chi connectivity index (χ2v) is 9.77. The minimum atomic E-state index is -1.48. The zero-order valence-electron chi connectivity index (χ0n) is 21.0. The van der Waals surface area contributed by atoms with Crippen molar-refractivity contribution in [3.8, 4) is 0 Å². The van der Waals surface area contributed by atoms with Gasteiger partial charge in [-0.2, -0.15) is 0 Å². The van der Waals surface area contributed by atoms with Gasteiger partial charge >= 0.3 is 0 Å². The van der Waals surface area contributed by atoms with Crippen molar-refractivity contribution < 1.29 is 14.6 Å². The number of hydrogen-bond donors (Lipinski definition) is 2. The average molecular weight is 480 g/mol. The van der Waals surface area contributed by atoms with Crippen LogP contribution in [0.2, 0.25) is 0 Å². The van der Waals surface area contributed by atoms with Crippen molar-refractivity contribution >= 4 is 0 Å². The Balaban J connectivity index is 1.79. The molecule has 0 radical (unpaired) electrons. The number of ether oxygens (including phenoxy) is 2. The fourth-order valence-corrected chi connectivity index (χ4v) is 5.59. The quantitative estimate of drug-likeness (QED) is 0.362. The summed E-state index contributed by atoms with van der Waals surface area (Å²) < 4.78 is 13.4. The van der Waals surface area contributed by atoms with E-state index in [4.69, 9.17) is 9.47 Å². The Morgan fingerprint density at radius 2 is 0.917 bits per heavy atom. The van der Waals surface area contributed by atoms with Crippen LogP contribution in [0.4, 0.5) is 0 Å². The Bertz CT molecular complexity index is 1180. The van der Waals surface area contributed by atoms with Gasteiger partial charge in [-0.3, -0.25) is 0 Å². The lowest BCUT2D eigenvalue weighted by atomic mass is 9.70. The third-order valence-electron chi connectivity index (χ3n) is 7.22. The summed E-state index contributed by atoms with van der Waals surface area (Å²) in [6.07, 6.45) is -1.34. The van der Waals surface area contributed by atoms with Gasteiger partial charge in [0.1, 0.15) is 17.8 Å². The second kappa shape index (κ2) is 9.64. The van der Waals surface area contributed by atoms with E-state index in [1.54, 1.807) is 0 Å². The van der Waals surface area contributed by atoms with Crippen molar-refractivity contribution in [3.05, 3.63) is 144 Å². The van der Waals surface area contributed by atoms with E-state index in [2.05, 4.69) is 29.6 Å². The maximum Gasteiger partial charge on any atom is 0.164 e. The van der Waals surface area contributed by atoms with Crippen LogP contribution in [0.25, 0.3) is 0 Å². The summed E-state index contributed by atoms with van der Waals surface area (Å²) >= 11 is 0. The zero-order chi connectivity index (χ0) is 25.2. The largest absolute Gasteiger partial charge is 0.378 e. The number of aliphatic hydroxyl groups is 1. The molecule has 4 nitrogen and oxygen atoms in total. The minimum absolute atomic E-state index is 0.590. The first-order chi connectivity index (χ1) is 17.4. The van der Waals surface area contributed by atoms with Crippen LogP contribution < -0.4 is 5.32 Å². The molecule has 4 heteroatoms. The first-order valence-corrected chi connectivity index (χ1v) is 12.4. The van der Waals surface area contributed by atoms with Crippen LogP contribution in [0.3, 0.4) is 0 Å². The van der Waals surface area contributed by atoms with E-state index >= 15 is 0 Å². The molecule has 1 aliphatic rings. The molecule has 2 N–H and O–H groups in total. The van der Waals surface area contributed by atoms with Crippen LogP contribution >= 0.6 is 0 Å². The second-order valence-electron chi connectivity index (χ2n) is 9.77. The molecule has 4 aromatic rings. The molecular weight excluding hydrogens is 446 g/mol. The van der Waals surface area contributed by atoms with E-state index in [1.807, 2.05) is 118 Å². The summed E-state index contributed by atoms with van der Waals surface area (Å²) in [5.74, 6) is -0.932. The van der Waals surface area contributed by atoms with Gasteiger partial charge < -0.3 is 19.9 Å². The molecule has 1 heterocycles. The van der Waals surface area contributed by atoms with E-state index in [0.29, 0.717) is 0 Å². The molecule has 1 saturated heterocycles. The first-order valence-electron chi connectivity index (χ1n) is 12.4. The zero-order valence-corrected chi connectivity index (χ0v) is 21.0. The van der Waals surface area contributed by atoms with Gasteiger partial charge in [-0.25, -0.2) is 0 Å². The molecule has 0 aliphatic carbocycles. The van der Waals surface area contributed by atoms with Crippen molar-refractivity contribution in [1.29, 1.82) is 0 Å². The van der Waals surface area contributed by atoms with Crippen LogP contribution in [-0.2, 0) is 20.6 Å². The van der Waals surface area contributed by atoms with Crippen molar-refractivity contribution in [3.63, 3.8) is 0 Å². The number of hydrogen-bond acceptors (Lipinski definition) is 4. The summed E-state index contributed by atoms with van der Waals surface area (Å²) in [5, 5.41) is 16.4. The summed E-state index contributed by atoms with van der Waals surface area (Å²) in [5.41, 5.74) is 1.26. The first kappa shape index (κ1) is 24.4. The molecule has 184 valence electrons. The number of benzene rings is 4. The Morgan fingerprint density at radius 3 is 1.28 bits per heavy atom. The third kappa shape index (κ3) is 4.06. The van der Waals surface area contributed by atoms with Crippen LogP contribution in [0.1, 0.15) is 36.1 Å². The van der Waals surface area contributed by atoms with Crippen LogP contribution in [-0.4, -0.2) is 30.1 Å². The predicted molar refractivity (Wildman–Crippen MR) is 142 cm³/mol. The minimum Gasteiger partial charge on any atom is -0.378 e. The number of likely N-dealkylation sites (N-methyl/N-ethyl adjacent to an activating group) is 1. The van der Waals surface area contributed by atoms with Gasteiger partial charge in [0.2, 0.25) is 0 Å². The molecule has 1 fully saturated rings. The van der Waals surface area contributed by atoms with Crippen LogP contribution in [0, 0.1) is 0 Å². The molecule has 0 spiro atoms. The summed E-state index contributed by atoms with van der Waals surface area (Å²) in [6, 6.07) is 40.0. The van der Waals surface area contributed by atoms with Gasteiger partial charge in [0.15, 0.2) is 5.79 Å². The standard InChI is InChI=1S/C32H33NO3/c1-30(2)35-28(31(33-3,24-16-8-4-9-17-24)25-18-10-5-11-19-25)29(36-30)32(34,26-20-12-6-13-21-26)27-22-14-7-15-23-27/h4-23,28-29,33-34H,1-3H3/t28-,29-/m0/s1. The fraction of sp³-hybridized carbons (Fsp3) is 0.250. The maximum atomic E-state index is 12.8. The van der Waals surface area contributed by atoms with Crippen molar-refractivity contribution in [2.24, 2.45) is 0 Å². The average Bonchev–Trinajstić information content (AvgIpc) is 3.27. The third-order valence-corrected chi connectivity index (χ3v) is 7.22. The Labute approximate surface area is 213 Å². The van der Waals surface area contributed by atoms with Gasteiger partial charge in [-0.15, -0.1) is 0 Å². The highest BCUT2D eigenvalue weighted by Crippen LogP contribution is 2.50. The monoisotopic (exact) mass is 479 g/mol. The molecule has 0 unspecified atom stereocenters. The normalized spacial score (nSPS) is 19.8. The lowest BCUT2D eigenvalue weighted by Crippen LogP contribution is -2.59. The molecule has 0 aromatic heterocycles. The summed E-state index contributed by atoms with van der Waals surface area (Å²) in [7, 11) is 1.94. The molecule has 36 heavy (non-hydrogen) atoms. The Hall–Kier alpha value is -3.28. The molecule has 0 saturated carbocycles. The van der Waals surface area contributed by atoms with E-state index in [1.165, 1.54) is 0 Å². The Morgan fingerprint density at radius 1 is 0.583 bits per heavy atom. The fourth-order valence-electron chi connectivity index (χ4n) is 5.59. The van der Waals surface area contributed by atoms with Gasteiger partial charge in [0, 0.05) is 0 Å². The highest BCUT2D eigenvalue weighted by atomic mass is 16.8. The van der Waals surface area contributed by atoms with E-state index in [9.17, 15) is 5.11 Å². The topological polar surface area (TPSA) is 50.7 Å². The lowest BCUT2D eigenvalue weighted by Gasteiger charge is -2.45. The van der Waals surface area contributed by atoms with E-state index in [-0.39, 0.29) is 0 Å². The van der Waals surface area contributed by atoms with Crippen LogP contribution in [0.5, 0.6) is 0 Å². The smallest absolute Gasteiger partial charge is 0.164 e. The van der Waals surface area contributed by atoms with Crippen molar-refractivity contribution in [2.75, 3.05) is 7.05 Å². The maximum absolute atomic E-state index is 12.8. The molecule has 5 rings (SSSR count). The van der Waals surface area contributed by atoms with E-state index in [0.717, 1.165) is 22.3 Å². The number of nitrogens with one attached hydrogen (secondary N) is 1. The molecular formula is C32H33NO3. The molecule has 1 aliphatic heterocycles. The molecule has 4 aromatic carbocycles. The summed E-state index contributed by atoms with van der Waals surface area (Å²) in [4.78, 5) is 0. The van der Waals surface area contributed by atoms with Crippen LogP contribution in [0.15, 0.2) is 121 Å². The van der Waals surface area contributed by atoms with Gasteiger partial charge in [-0.1, -0.05) is 121 Å². The van der Waals surface area contributed by atoms with E-state index < -0.39 is 29.1 Å². The predicted octanol–water partition coefficient (Wildman–Crippen LogP) is 5.61. The van der Waals surface area contributed by atoms with Gasteiger partial charge in [0.25, 0.3) is 0 Å². The highest BCUT2D eigenvalue weighted by molar-refractivity contribution is 5.45. The Kier molecular flexibility index (Phi) is 6.54. The molecule has 0 bridgehead atoms. The molecule has 0 amide bonds. The SMILES string of the molecule is CNC(c1ccccc1)(c1ccccc1)[C@H]1OC(C)(C)O[C@@H]1C(O)(c1ccccc1)c1ccccc1. The van der Waals surface area contributed by atoms with Crippen molar-refractivity contribution in [2.45, 2.75) is 43.0 Å². The van der Waals surface area contributed by atoms with Crippen molar-refractivity contribution in [1.82, 2.24) is 5.32 Å².